The van der Waals surface area contributed by atoms with Crippen molar-refractivity contribution in [3.8, 4) is 0 Å². The Morgan fingerprint density at radius 2 is 2.23 bits per heavy atom. The van der Waals surface area contributed by atoms with Gasteiger partial charge in [-0.1, -0.05) is 12.1 Å². The molecule has 0 amide bonds. The van der Waals surface area contributed by atoms with Crippen molar-refractivity contribution in [1.29, 1.82) is 0 Å². The first kappa shape index (κ1) is 8.23. The quantitative estimate of drug-likeness (QED) is 0.646. The number of benzene rings is 1. The molecule has 0 aliphatic carbocycles. The van der Waals surface area contributed by atoms with E-state index in [1.807, 2.05) is 6.92 Å². The highest BCUT2D eigenvalue weighted by atomic mass is 19.1. The van der Waals surface area contributed by atoms with Gasteiger partial charge in [-0.2, -0.15) is 0 Å². The molecule has 2 nitrogen and oxygen atoms in total. The lowest BCUT2D eigenvalue weighted by Crippen LogP contribution is -2.03. The average molecular weight is 179 g/mol. The number of hydrogen-bond donors (Lipinski definition) is 0. The minimum atomic E-state index is -0.282. The van der Waals surface area contributed by atoms with Crippen molar-refractivity contribution in [3.05, 3.63) is 35.6 Å². The van der Waals surface area contributed by atoms with Crippen LogP contribution in [0.2, 0.25) is 0 Å². The Kier molecular flexibility index (Phi) is 2.00. The summed E-state index contributed by atoms with van der Waals surface area (Å²) in [6.45, 7) is 2.48. The lowest BCUT2D eigenvalue weighted by molar-refractivity contribution is 0.323. The number of halogens is 1. The molecule has 0 aromatic heterocycles. The molecule has 68 valence electrons. The Bertz CT molecular complexity index is 349. The van der Waals surface area contributed by atoms with Crippen LogP contribution in [-0.2, 0) is 4.74 Å². The Hall–Kier alpha value is -1.38. The predicted molar refractivity (Wildman–Crippen MR) is 48.4 cm³/mol. The van der Waals surface area contributed by atoms with Crippen LogP contribution >= 0.6 is 0 Å². The second-order valence-electron chi connectivity index (χ2n) is 3.07. The highest BCUT2D eigenvalue weighted by molar-refractivity contribution is 5.95. The van der Waals surface area contributed by atoms with Crippen molar-refractivity contribution in [3.63, 3.8) is 0 Å². The van der Waals surface area contributed by atoms with Gasteiger partial charge in [0.15, 0.2) is 0 Å². The van der Waals surface area contributed by atoms with E-state index in [4.69, 9.17) is 4.74 Å². The van der Waals surface area contributed by atoms with Crippen LogP contribution in [0.3, 0.4) is 0 Å². The summed E-state index contributed by atoms with van der Waals surface area (Å²) in [5.41, 5.74) is 0.451. The van der Waals surface area contributed by atoms with Crippen molar-refractivity contribution >= 4 is 5.90 Å². The highest BCUT2D eigenvalue weighted by Crippen LogP contribution is 2.14. The van der Waals surface area contributed by atoms with E-state index in [-0.39, 0.29) is 11.9 Å². The summed E-state index contributed by atoms with van der Waals surface area (Å²) in [6.07, 6.45) is 0. The number of ether oxygens (including phenoxy) is 1. The zero-order valence-corrected chi connectivity index (χ0v) is 7.33. The monoisotopic (exact) mass is 179 g/mol. The van der Waals surface area contributed by atoms with E-state index in [0.29, 0.717) is 18.1 Å². The third kappa shape index (κ3) is 1.54. The van der Waals surface area contributed by atoms with E-state index in [2.05, 4.69) is 4.99 Å². The van der Waals surface area contributed by atoms with Crippen LogP contribution in [0.25, 0.3) is 0 Å². The lowest BCUT2D eigenvalue weighted by Gasteiger charge is -2.01. The molecule has 1 heterocycles. The molecule has 1 aromatic rings. The molecular formula is C10H10FNO. The van der Waals surface area contributed by atoms with Crippen molar-refractivity contribution in [2.45, 2.75) is 13.0 Å². The van der Waals surface area contributed by atoms with Crippen LogP contribution in [0.4, 0.5) is 4.39 Å². The molecule has 1 unspecified atom stereocenters. The zero-order valence-electron chi connectivity index (χ0n) is 7.33. The van der Waals surface area contributed by atoms with Crippen molar-refractivity contribution in [2.24, 2.45) is 4.99 Å². The number of hydrogen-bond acceptors (Lipinski definition) is 2. The average Bonchev–Trinajstić information content (AvgIpc) is 2.53. The maximum absolute atomic E-state index is 13.2. The SMILES string of the molecule is CC1COC(c2ccccc2F)=N1. The standard InChI is InChI=1S/C10H10FNO/c1-7-6-13-10(12-7)8-4-2-3-5-9(8)11/h2-5,7H,6H2,1H3. The summed E-state index contributed by atoms with van der Waals surface area (Å²) >= 11 is 0. The molecular weight excluding hydrogens is 169 g/mol. The maximum Gasteiger partial charge on any atom is 0.219 e. The van der Waals surface area contributed by atoms with Crippen molar-refractivity contribution in [1.82, 2.24) is 0 Å². The molecule has 3 heteroatoms. The Morgan fingerprint density at radius 1 is 1.46 bits per heavy atom. The third-order valence-electron chi connectivity index (χ3n) is 1.90. The van der Waals surface area contributed by atoms with Gasteiger partial charge in [-0.05, 0) is 19.1 Å². The summed E-state index contributed by atoms with van der Waals surface area (Å²) in [7, 11) is 0. The summed E-state index contributed by atoms with van der Waals surface area (Å²) < 4.78 is 18.4. The molecule has 0 bridgehead atoms. The van der Waals surface area contributed by atoms with Crippen LogP contribution in [0.1, 0.15) is 12.5 Å². The van der Waals surface area contributed by atoms with E-state index < -0.39 is 0 Å². The topological polar surface area (TPSA) is 21.6 Å². The van der Waals surface area contributed by atoms with Gasteiger partial charge in [0.1, 0.15) is 12.4 Å². The van der Waals surface area contributed by atoms with Crippen LogP contribution in [0.5, 0.6) is 0 Å². The van der Waals surface area contributed by atoms with Gasteiger partial charge in [0.2, 0.25) is 5.90 Å². The van der Waals surface area contributed by atoms with Gasteiger partial charge >= 0.3 is 0 Å². The molecule has 0 saturated heterocycles. The highest BCUT2D eigenvalue weighted by Gasteiger charge is 2.18. The first-order valence-electron chi connectivity index (χ1n) is 4.23. The second kappa shape index (κ2) is 3.17. The lowest BCUT2D eigenvalue weighted by atomic mass is 10.2. The summed E-state index contributed by atoms with van der Waals surface area (Å²) in [5, 5.41) is 0. The fraction of sp³-hybridized carbons (Fsp3) is 0.300. The van der Waals surface area contributed by atoms with Crippen LogP contribution in [0.15, 0.2) is 29.3 Å². The van der Waals surface area contributed by atoms with E-state index in [0.717, 1.165) is 0 Å². The summed E-state index contributed by atoms with van der Waals surface area (Å²) in [5.74, 6) is 0.140. The molecule has 1 atom stereocenters. The fourth-order valence-electron chi connectivity index (χ4n) is 1.26. The first-order valence-corrected chi connectivity index (χ1v) is 4.23. The van der Waals surface area contributed by atoms with Gasteiger partial charge in [-0.15, -0.1) is 0 Å². The Morgan fingerprint density at radius 3 is 2.85 bits per heavy atom. The van der Waals surface area contributed by atoms with Gasteiger partial charge in [0.05, 0.1) is 11.6 Å². The van der Waals surface area contributed by atoms with E-state index in [9.17, 15) is 4.39 Å². The molecule has 1 aromatic carbocycles. The van der Waals surface area contributed by atoms with Gasteiger partial charge in [-0.25, -0.2) is 9.38 Å². The zero-order chi connectivity index (χ0) is 9.26. The van der Waals surface area contributed by atoms with Gasteiger partial charge in [0, 0.05) is 0 Å². The normalized spacial score (nSPS) is 21.1. The van der Waals surface area contributed by atoms with E-state index in [1.54, 1.807) is 18.2 Å². The van der Waals surface area contributed by atoms with Gasteiger partial charge < -0.3 is 4.74 Å². The predicted octanol–water partition coefficient (Wildman–Crippen LogP) is 1.99. The van der Waals surface area contributed by atoms with Crippen LogP contribution in [-0.4, -0.2) is 18.5 Å². The minimum absolute atomic E-state index is 0.134. The van der Waals surface area contributed by atoms with Crippen molar-refractivity contribution in [2.75, 3.05) is 6.61 Å². The van der Waals surface area contributed by atoms with Crippen molar-refractivity contribution < 1.29 is 9.13 Å². The van der Waals surface area contributed by atoms with E-state index in [1.165, 1.54) is 6.07 Å². The van der Waals surface area contributed by atoms with E-state index >= 15 is 0 Å². The molecule has 1 aliphatic rings. The van der Waals surface area contributed by atoms with Gasteiger partial charge in [0.25, 0.3) is 0 Å². The Balaban J connectivity index is 2.36. The number of nitrogens with zero attached hydrogens (tertiary/aromatic N) is 1. The molecule has 0 saturated carbocycles. The smallest absolute Gasteiger partial charge is 0.219 e. The third-order valence-corrected chi connectivity index (χ3v) is 1.90. The van der Waals surface area contributed by atoms with Gasteiger partial charge in [-0.3, -0.25) is 0 Å². The largest absolute Gasteiger partial charge is 0.475 e. The molecule has 0 spiro atoms. The molecule has 13 heavy (non-hydrogen) atoms. The fourth-order valence-corrected chi connectivity index (χ4v) is 1.26. The Labute approximate surface area is 76.1 Å². The molecule has 0 fully saturated rings. The minimum Gasteiger partial charge on any atom is -0.475 e. The first-order chi connectivity index (χ1) is 6.27. The van der Waals surface area contributed by atoms with Crippen LogP contribution in [0, 0.1) is 5.82 Å². The van der Waals surface area contributed by atoms with Crippen LogP contribution < -0.4 is 0 Å². The maximum atomic E-state index is 13.2. The molecule has 0 radical (unpaired) electrons. The molecule has 0 N–H and O–H groups in total. The molecule has 1 aliphatic heterocycles. The second-order valence-corrected chi connectivity index (χ2v) is 3.07. The summed E-state index contributed by atoms with van der Waals surface area (Å²) in [6, 6.07) is 6.64. The molecule has 2 rings (SSSR count). The number of aliphatic imine (C=N–C) groups is 1. The summed E-state index contributed by atoms with van der Waals surface area (Å²) in [4.78, 5) is 4.17. The number of rotatable bonds is 1.